The first kappa shape index (κ1) is 22.8. The Hall–Kier alpha value is -3.36. The molecule has 1 aliphatic carbocycles. The van der Waals surface area contributed by atoms with E-state index in [2.05, 4.69) is 15.3 Å². The van der Waals surface area contributed by atoms with Crippen LogP contribution >= 0.6 is 0 Å². The molecule has 176 valence electrons. The van der Waals surface area contributed by atoms with Crippen molar-refractivity contribution in [3.05, 3.63) is 36.3 Å². The topological polar surface area (TPSA) is 95.7 Å². The van der Waals surface area contributed by atoms with Crippen molar-refractivity contribution in [3.63, 3.8) is 0 Å². The number of ether oxygens (including phenoxy) is 3. The zero-order chi connectivity index (χ0) is 23.6. The molecule has 1 amide bonds. The average molecular weight is 458 g/mol. The summed E-state index contributed by atoms with van der Waals surface area (Å²) in [7, 11) is 0. The molecule has 9 heteroatoms. The largest absolute Gasteiger partial charge is 0.493 e. The highest BCUT2D eigenvalue weighted by Crippen LogP contribution is 2.31. The number of fused-ring (bicyclic) bond motifs is 1. The molecule has 2 heterocycles. The Morgan fingerprint density at radius 2 is 2.03 bits per heavy atom. The first-order valence-corrected chi connectivity index (χ1v) is 11.0. The molecular weight excluding hydrogens is 429 g/mol. The molecule has 3 aromatic rings. The fraction of sp³-hybridized carbons (Fsp3) is 0.458. The van der Waals surface area contributed by atoms with Gasteiger partial charge in [-0.15, -0.1) is 0 Å². The number of oxazole rings is 1. The molecule has 1 atom stereocenters. The van der Waals surface area contributed by atoms with E-state index >= 15 is 0 Å². The van der Waals surface area contributed by atoms with Gasteiger partial charge in [0.25, 0.3) is 0 Å². The van der Waals surface area contributed by atoms with Crippen molar-refractivity contribution in [2.45, 2.75) is 52.2 Å². The number of pyridine rings is 1. The van der Waals surface area contributed by atoms with Gasteiger partial charge in [0.1, 0.15) is 29.2 Å². The van der Waals surface area contributed by atoms with Crippen molar-refractivity contribution >= 4 is 17.2 Å². The van der Waals surface area contributed by atoms with E-state index in [0.29, 0.717) is 29.4 Å². The molecule has 33 heavy (non-hydrogen) atoms. The number of aromatic nitrogens is 2. The molecule has 0 unspecified atom stereocenters. The minimum Gasteiger partial charge on any atom is -0.493 e. The number of amides is 1. The summed E-state index contributed by atoms with van der Waals surface area (Å²) < 4.78 is 36.9. The van der Waals surface area contributed by atoms with Gasteiger partial charge >= 0.3 is 6.09 Å². The second-order valence-corrected chi connectivity index (χ2v) is 9.26. The Balaban J connectivity index is 1.37. The van der Waals surface area contributed by atoms with Crippen molar-refractivity contribution in [1.82, 2.24) is 15.3 Å². The molecule has 0 bridgehead atoms. The van der Waals surface area contributed by atoms with Crippen molar-refractivity contribution in [2.75, 3.05) is 13.2 Å². The lowest BCUT2D eigenvalue weighted by Gasteiger charge is -2.22. The lowest BCUT2D eigenvalue weighted by atomic mass is 10.2. The van der Waals surface area contributed by atoms with E-state index in [1.54, 1.807) is 39.8 Å². The lowest BCUT2D eigenvalue weighted by Crippen LogP contribution is -2.40. The van der Waals surface area contributed by atoms with E-state index in [-0.39, 0.29) is 30.0 Å². The zero-order valence-corrected chi connectivity index (χ0v) is 19.2. The molecule has 8 nitrogen and oxygen atoms in total. The van der Waals surface area contributed by atoms with Crippen molar-refractivity contribution in [2.24, 2.45) is 5.92 Å². The average Bonchev–Trinajstić information content (AvgIpc) is 3.46. The molecule has 1 saturated carbocycles. The van der Waals surface area contributed by atoms with Crippen molar-refractivity contribution in [1.29, 1.82) is 0 Å². The third-order valence-electron chi connectivity index (χ3n) is 4.82. The maximum absolute atomic E-state index is 14.7. The number of hydrogen-bond acceptors (Lipinski definition) is 7. The number of carbonyl (C=O) groups is 1. The number of benzene rings is 1. The van der Waals surface area contributed by atoms with Gasteiger partial charge < -0.3 is 23.9 Å². The second-order valence-electron chi connectivity index (χ2n) is 9.26. The van der Waals surface area contributed by atoms with Crippen LogP contribution in [0.3, 0.4) is 0 Å². The maximum atomic E-state index is 14.7. The molecule has 2 aromatic heterocycles. The first-order valence-electron chi connectivity index (χ1n) is 11.0. The first-order chi connectivity index (χ1) is 15.7. The molecule has 1 aliphatic rings. The summed E-state index contributed by atoms with van der Waals surface area (Å²) in [6.07, 6.45) is 3.26. The van der Waals surface area contributed by atoms with Crippen LogP contribution in [0.4, 0.5) is 9.18 Å². The van der Waals surface area contributed by atoms with Gasteiger partial charge in [-0.3, -0.25) is 0 Å². The summed E-state index contributed by atoms with van der Waals surface area (Å²) in [5, 5.41) is 2.66. The lowest BCUT2D eigenvalue weighted by molar-refractivity contribution is 0.0494. The molecule has 0 saturated heterocycles. The van der Waals surface area contributed by atoms with Gasteiger partial charge in [-0.25, -0.2) is 19.2 Å². The SMILES string of the molecule is C[C@@H](COc1cnc(-c2nc3cc(OCC4CC4)ccc3o2)c(F)c1)NC(=O)OC(C)(C)C. The van der Waals surface area contributed by atoms with Gasteiger partial charge in [-0.2, -0.15) is 0 Å². The van der Waals surface area contributed by atoms with Crippen LogP contribution < -0.4 is 14.8 Å². The van der Waals surface area contributed by atoms with Crippen LogP contribution in [-0.4, -0.2) is 40.9 Å². The van der Waals surface area contributed by atoms with E-state index in [1.165, 1.54) is 25.1 Å². The Morgan fingerprint density at radius 3 is 2.73 bits per heavy atom. The van der Waals surface area contributed by atoms with Crippen LogP contribution in [0.1, 0.15) is 40.5 Å². The van der Waals surface area contributed by atoms with Crippen molar-refractivity contribution in [3.8, 4) is 23.1 Å². The van der Waals surface area contributed by atoms with Crippen LogP contribution in [0.2, 0.25) is 0 Å². The Labute approximate surface area is 191 Å². The van der Waals surface area contributed by atoms with E-state index in [0.717, 1.165) is 0 Å². The van der Waals surface area contributed by atoms with Crippen LogP contribution in [-0.2, 0) is 4.74 Å². The number of halogens is 1. The highest BCUT2D eigenvalue weighted by Gasteiger charge is 2.22. The van der Waals surface area contributed by atoms with E-state index < -0.39 is 17.5 Å². The fourth-order valence-electron chi connectivity index (χ4n) is 3.03. The molecule has 4 rings (SSSR count). The Bertz CT molecular complexity index is 1140. The highest BCUT2D eigenvalue weighted by atomic mass is 19.1. The highest BCUT2D eigenvalue weighted by molar-refractivity contribution is 5.77. The van der Waals surface area contributed by atoms with Crippen LogP contribution in [0.15, 0.2) is 34.9 Å². The molecule has 0 spiro atoms. The van der Waals surface area contributed by atoms with E-state index in [9.17, 15) is 9.18 Å². The third-order valence-corrected chi connectivity index (χ3v) is 4.82. The van der Waals surface area contributed by atoms with Gasteiger partial charge in [0.2, 0.25) is 5.89 Å². The predicted octanol–water partition coefficient (Wildman–Crippen LogP) is 5.11. The smallest absolute Gasteiger partial charge is 0.407 e. The number of carbonyl (C=O) groups excluding carboxylic acids is 1. The van der Waals surface area contributed by atoms with Crippen molar-refractivity contribution < 1.29 is 27.8 Å². The number of rotatable bonds is 8. The summed E-state index contributed by atoms with van der Waals surface area (Å²) in [6, 6.07) is 6.20. The molecule has 1 aromatic carbocycles. The van der Waals surface area contributed by atoms with Gasteiger partial charge in [0.15, 0.2) is 17.1 Å². The van der Waals surface area contributed by atoms with Crippen LogP contribution in [0, 0.1) is 11.7 Å². The zero-order valence-electron chi connectivity index (χ0n) is 19.2. The number of alkyl carbamates (subject to hydrolysis) is 1. The molecular formula is C24H28FN3O5. The molecule has 1 N–H and O–H groups in total. The van der Waals surface area contributed by atoms with Gasteiger partial charge in [-0.05, 0) is 58.6 Å². The Kier molecular flexibility index (Phi) is 6.40. The number of hydrogen-bond donors (Lipinski definition) is 1. The quantitative estimate of drug-likeness (QED) is 0.502. The minimum atomic E-state index is -0.628. The van der Waals surface area contributed by atoms with E-state index in [1.807, 2.05) is 6.07 Å². The summed E-state index contributed by atoms with van der Waals surface area (Å²) in [4.78, 5) is 20.3. The van der Waals surface area contributed by atoms with Gasteiger partial charge in [-0.1, -0.05) is 0 Å². The van der Waals surface area contributed by atoms with Crippen LogP contribution in [0.25, 0.3) is 22.7 Å². The standard InChI is InChI=1S/C24H28FN3O5/c1-14(27-23(29)33-24(2,3)4)12-30-17-9-18(25)21(26-11-17)22-28-19-10-16(7-8-20(19)32-22)31-13-15-5-6-15/h7-11,14-15H,5-6,12-13H2,1-4H3,(H,27,29)/t14-/m0/s1. The number of nitrogens with zero attached hydrogens (tertiary/aromatic N) is 2. The molecule has 0 aliphatic heterocycles. The minimum absolute atomic E-state index is 0.0149. The summed E-state index contributed by atoms with van der Waals surface area (Å²) in [5.74, 6) is 1.02. The van der Waals surface area contributed by atoms with Gasteiger partial charge in [0, 0.05) is 12.1 Å². The molecule has 0 radical (unpaired) electrons. The summed E-state index contributed by atoms with van der Waals surface area (Å²) in [5.41, 5.74) is 0.483. The predicted molar refractivity (Wildman–Crippen MR) is 120 cm³/mol. The second kappa shape index (κ2) is 9.25. The maximum Gasteiger partial charge on any atom is 0.407 e. The summed E-state index contributed by atoms with van der Waals surface area (Å²) in [6.45, 7) is 7.91. The van der Waals surface area contributed by atoms with Crippen LogP contribution in [0.5, 0.6) is 11.5 Å². The third kappa shape index (κ3) is 6.34. The van der Waals surface area contributed by atoms with E-state index in [4.69, 9.17) is 18.6 Å². The summed E-state index contributed by atoms with van der Waals surface area (Å²) >= 11 is 0. The number of nitrogens with one attached hydrogen (secondary N) is 1. The Morgan fingerprint density at radius 1 is 1.24 bits per heavy atom. The van der Waals surface area contributed by atoms with Gasteiger partial charge in [0.05, 0.1) is 18.8 Å². The monoisotopic (exact) mass is 457 g/mol. The normalized spacial score (nSPS) is 14.7. The molecule has 1 fully saturated rings. The fourth-order valence-corrected chi connectivity index (χ4v) is 3.03.